The van der Waals surface area contributed by atoms with E-state index in [-0.39, 0.29) is 28.8 Å². The van der Waals surface area contributed by atoms with Crippen molar-refractivity contribution in [3.05, 3.63) is 77.2 Å². The molecule has 170 valence electrons. The van der Waals surface area contributed by atoms with Crippen molar-refractivity contribution in [2.45, 2.75) is 23.4 Å². The Bertz CT molecular complexity index is 1130. The highest BCUT2D eigenvalue weighted by molar-refractivity contribution is 7.94. The number of ether oxygens (including phenoxy) is 1. The third-order valence-corrected chi connectivity index (χ3v) is 6.93. The molecular formula is C21H19F3N2O4S2. The quantitative estimate of drug-likeness (QED) is 0.473. The van der Waals surface area contributed by atoms with Crippen LogP contribution in [0.5, 0.6) is 5.75 Å². The van der Waals surface area contributed by atoms with Crippen LogP contribution < -0.4 is 14.8 Å². The Morgan fingerprint density at radius 1 is 0.969 bits per heavy atom. The summed E-state index contributed by atoms with van der Waals surface area (Å²) in [6.45, 7) is -1.16. The normalized spacial score (nSPS) is 11.7. The lowest BCUT2D eigenvalue weighted by Gasteiger charge is -2.10. The highest BCUT2D eigenvalue weighted by Gasteiger charge is 2.28. The molecule has 3 rings (SSSR count). The number of amides is 1. The molecule has 1 amide bonds. The van der Waals surface area contributed by atoms with Crippen LogP contribution in [-0.4, -0.2) is 27.1 Å². The molecule has 0 unspecified atom stereocenters. The standard InChI is InChI=1S/C21H19F3N2O4S2/c22-21(23,24)14-30-18-9-5-16(6-10-18)13-25-19(27)12-15-3-7-17(8-4-15)26-32(28,29)20-2-1-11-31-20/h1-11,26H,12-14H2,(H,25,27). The number of hydrogen-bond acceptors (Lipinski definition) is 5. The van der Waals surface area contributed by atoms with Gasteiger partial charge in [0.05, 0.1) is 6.42 Å². The Labute approximate surface area is 187 Å². The lowest BCUT2D eigenvalue weighted by Crippen LogP contribution is -2.24. The Morgan fingerprint density at radius 2 is 1.62 bits per heavy atom. The number of rotatable bonds is 9. The maximum Gasteiger partial charge on any atom is 0.422 e. The number of hydrogen-bond donors (Lipinski definition) is 2. The van der Waals surface area contributed by atoms with Crippen LogP contribution in [-0.2, 0) is 27.8 Å². The number of thiophene rings is 1. The second-order valence-corrected chi connectivity index (χ2v) is 9.59. The lowest BCUT2D eigenvalue weighted by molar-refractivity contribution is -0.153. The van der Waals surface area contributed by atoms with E-state index in [4.69, 9.17) is 0 Å². The molecule has 0 atom stereocenters. The van der Waals surface area contributed by atoms with Crippen LogP contribution >= 0.6 is 11.3 Å². The number of halogens is 3. The largest absolute Gasteiger partial charge is 0.484 e. The molecule has 0 saturated carbocycles. The number of benzene rings is 2. The average Bonchev–Trinajstić information content (AvgIpc) is 3.28. The first-order valence-corrected chi connectivity index (χ1v) is 11.7. The van der Waals surface area contributed by atoms with Gasteiger partial charge in [-0.05, 0) is 46.8 Å². The van der Waals surface area contributed by atoms with E-state index in [0.29, 0.717) is 16.8 Å². The van der Waals surface area contributed by atoms with Gasteiger partial charge in [0.1, 0.15) is 9.96 Å². The molecule has 3 aromatic rings. The van der Waals surface area contributed by atoms with Gasteiger partial charge in [-0.2, -0.15) is 13.2 Å². The number of anilines is 1. The van der Waals surface area contributed by atoms with Crippen molar-refractivity contribution in [3.63, 3.8) is 0 Å². The Morgan fingerprint density at radius 3 is 2.22 bits per heavy atom. The van der Waals surface area contributed by atoms with Crippen molar-refractivity contribution in [1.29, 1.82) is 0 Å². The van der Waals surface area contributed by atoms with Gasteiger partial charge >= 0.3 is 6.18 Å². The summed E-state index contributed by atoms with van der Waals surface area (Å²) in [4.78, 5) is 12.2. The summed E-state index contributed by atoms with van der Waals surface area (Å²) in [6.07, 6.45) is -4.32. The van der Waals surface area contributed by atoms with Crippen LogP contribution in [0.15, 0.2) is 70.3 Å². The second kappa shape index (κ2) is 10.0. The second-order valence-electron chi connectivity index (χ2n) is 6.74. The summed E-state index contributed by atoms with van der Waals surface area (Å²) in [6, 6.07) is 15.6. The molecule has 0 spiro atoms. The maximum absolute atomic E-state index is 12.2. The van der Waals surface area contributed by atoms with Crippen molar-refractivity contribution < 1.29 is 31.1 Å². The van der Waals surface area contributed by atoms with Crippen LogP contribution in [0.2, 0.25) is 0 Å². The van der Waals surface area contributed by atoms with E-state index in [0.717, 1.165) is 11.3 Å². The first-order valence-electron chi connectivity index (χ1n) is 9.31. The van der Waals surface area contributed by atoms with E-state index in [1.807, 2.05) is 0 Å². The highest BCUT2D eigenvalue weighted by atomic mass is 32.2. The predicted molar refractivity (Wildman–Crippen MR) is 115 cm³/mol. The zero-order chi connectivity index (χ0) is 23.2. The molecule has 2 aromatic carbocycles. The van der Waals surface area contributed by atoms with Gasteiger partial charge in [-0.15, -0.1) is 11.3 Å². The number of nitrogens with one attached hydrogen (secondary N) is 2. The zero-order valence-electron chi connectivity index (χ0n) is 16.6. The number of sulfonamides is 1. The summed E-state index contributed by atoms with van der Waals surface area (Å²) in [5.74, 6) is -0.165. The number of carbonyl (C=O) groups excluding carboxylic acids is 1. The Hall–Kier alpha value is -3.05. The molecule has 6 nitrogen and oxygen atoms in total. The molecule has 11 heteroatoms. The van der Waals surface area contributed by atoms with Crippen LogP contribution in [0, 0.1) is 0 Å². The van der Waals surface area contributed by atoms with Gasteiger partial charge in [0, 0.05) is 12.2 Å². The van der Waals surface area contributed by atoms with E-state index >= 15 is 0 Å². The van der Waals surface area contributed by atoms with Gasteiger partial charge in [-0.1, -0.05) is 30.3 Å². The Kier molecular flexibility index (Phi) is 7.41. The molecular weight excluding hydrogens is 465 g/mol. The van der Waals surface area contributed by atoms with E-state index < -0.39 is 22.8 Å². The fourth-order valence-electron chi connectivity index (χ4n) is 2.63. The molecule has 0 saturated heterocycles. The van der Waals surface area contributed by atoms with Gasteiger partial charge < -0.3 is 10.1 Å². The van der Waals surface area contributed by atoms with Gasteiger partial charge in [0.15, 0.2) is 6.61 Å². The number of alkyl halides is 3. The third-order valence-electron chi connectivity index (χ3n) is 4.15. The minimum Gasteiger partial charge on any atom is -0.484 e. The summed E-state index contributed by atoms with van der Waals surface area (Å²) < 4.78 is 68.3. The SMILES string of the molecule is O=C(Cc1ccc(NS(=O)(=O)c2cccs2)cc1)NCc1ccc(OCC(F)(F)F)cc1. The molecule has 1 aromatic heterocycles. The topological polar surface area (TPSA) is 84.5 Å². The predicted octanol–water partition coefficient (Wildman–Crippen LogP) is 4.35. The van der Waals surface area contributed by atoms with Crippen molar-refractivity contribution in [3.8, 4) is 5.75 Å². The van der Waals surface area contributed by atoms with Crippen molar-refractivity contribution in [1.82, 2.24) is 5.32 Å². The number of carbonyl (C=O) groups is 1. The summed E-state index contributed by atoms with van der Waals surface area (Å²) in [5, 5.41) is 4.40. The summed E-state index contributed by atoms with van der Waals surface area (Å²) >= 11 is 1.11. The maximum atomic E-state index is 12.2. The highest BCUT2D eigenvalue weighted by Crippen LogP contribution is 2.21. The van der Waals surface area contributed by atoms with Crippen LogP contribution in [0.4, 0.5) is 18.9 Å². The molecule has 2 N–H and O–H groups in total. The van der Waals surface area contributed by atoms with E-state index in [1.54, 1.807) is 47.8 Å². The molecule has 1 heterocycles. The van der Waals surface area contributed by atoms with Gasteiger partial charge in [-0.25, -0.2) is 8.42 Å². The first-order chi connectivity index (χ1) is 15.1. The summed E-state index contributed by atoms with van der Waals surface area (Å²) in [7, 11) is -3.63. The van der Waals surface area contributed by atoms with Crippen molar-refractivity contribution in [2.24, 2.45) is 0 Å². The van der Waals surface area contributed by atoms with Crippen LogP contribution in [0.25, 0.3) is 0 Å². The molecule has 0 bridgehead atoms. The molecule has 0 fully saturated rings. The fourth-order valence-corrected chi connectivity index (χ4v) is 4.68. The van der Waals surface area contributed by atoms with E-state index in [9.17, 15) is 26.4 Å². The molecule has 0 aliphatic heterocycles. The van der Waals surface area contributed by atoms with Gasteiger partial charge in [-0.3, -0.25) is 9.52 Å². The summed E-state index contributed by atoms with van der Waals surface area (Å²) in [5.41, 5.74) is 1.78. The van der Waals surface area contributed by atoms with Crippen LogP contribution in [0.1, 0.15) is 11.1 Å². The molecule has 0 aliphatic carbocycles. The molecule has 0 radical (unpaired) electrons. The minimum atomic E-state index is -4.40. The monoisotopic (exact) mass is 484 g/mol. The molecule has 32 heavy (non-hydrogen) atoms. The van der Waals surface area contributed by atoms with Crippen molar-refractivity contribution >= 4 is 33.0 Å². The van der Waals surface area contributed by atoms with Crippen molar-refractivity contribution in [2.75, 3.05) is 11.3 Å². The zero-order valence-corrected chi connectivity index (χ0v) is 18.2. The average molecular weight is 485 g/mol. The van der Waals surface area contributed by atoms with Crippen LogP contribution in [0.3, 0.4) is 0 Å². The Balaban J connectivity index is 1.47. The van der Waals surface area contributed by atoms with Gasteiger partial charge in [0.2, 0.25) is 5.91 Å². The first kappa shape index (κ1) is 23.6. The molecule has 0 aliphatic rings. The van der Waals surface area contributed by atoms with Gasteiger partial charge in [0.25, 0.3) is 10.0 Å². The third kappa shape index (κ3) is 7.27. The van der Waals surface area contributed by atoms with E-state index in [1.165, 1.54) is 18.2 Å². The van der Waals surface area contributed by atoms with E-state index in [2.05, 4.69) is 14.8 Å². The fraction of sp³-hybridized carbons (Fsp3) is 0.190. The smallest absolute Gasteiger partial charge is 0.422 e. The lowest BCUT2D eigenvalue weighted by atomic mass is 10.1. The minimum absolute atomic E-state index is 0.0880.